The van der Waals surface area contributed by atoms with Crippen molar-refractivity contribution in [2.24, 2.45) is 0 Å². The predicted molar refractivity (Wildman–Crippen MR) is 65.1 cm³/mol. The lowest BCUT2D eigenvalue weighted by Crippen LogP contribution is -2.18. The van der Waals surface area contributed by atoms with Crippen LogP contribution in [0.3, 0.4) is 0 Å². The van der Waals surface area contributed by atoms with E-state index in [1.54, 1.807) is 6.92 Å². The summed E-state index contributed by atoms with van der Waals surface area (Å²) in [6, 6.07) is 0. The summed E-state index contributed by atoms with van der Waals surface area (Å²) in [5, 5.41) is 0. The molecule has 0 bridgehead atoms. The molecule has 86 valence electrons. The lowest BCUT2D eigenvalue weighted by Gasteiger charge is -2.17. The van der Waals surface area contributed by atoms with Gasteiger partial charge in [-0.3, -0.25) is 9.59 Å². The second kappa shape index (κ2) is 5.06. The van der Waals surface area contributed by atoms with Crippen molar-refractivity contribution in [1.82, 2.24) is 0 Å². The molecule has 0 aromatic heterocycles. The fourth-order valence-corrected chi connectivity index (χ4v) is 1.88. The third-order valence-electron chi connectivity index (χ3n) is 2.62. The maximum absolute atomic E-state index is 11.9. The SMILES string of the molecule is C=C(C)CC1=C(CCC)C(=O)C(C)=CC1=O. The highest BCUT2D eigenvalue weighted by Gasteiger charge is 2.25. The molecule has 0 spiro atoms. The van der Waals surface area contributed by atoms with Crippen LogP contribution < -0.4 is 0 Å². The maximum Gasteiger partial charge on any atom is 0.185 e. The van der Waals surface area contributed by atoms with Gasteiger partial charge in [0.2, 0.25) is 0 Å². The van der Waals surface area contributed by atoms with Crippen LogP contribution in [0, 0.1) is 0 Å². The van der Waals surface area contributed by atoms with E-state index in [2.05, 4.69) is 6.58 Å². The van der Waals surface area contributed by atoms with Crippen LogP contribution >= 0.6 is 0 Å². The molecule has 0 aromatic rings. The summed E-state index contributed by atoms with van der Waals surface area (Å²) < 4.78 is 0. The number of ketones is 2. The number of Topliss-reactive ketones (excluding diaryl/α,β-unsaturated/α-hetero) is 1. The van der Waals surface area contributed by atoms with Crippen molar-refractivity contribution in [2.45, 2.75) is 40.0 Å². The van der Waals surface area contributed by atoms with E-state index in [0.717, 1.165) is 12.0 Å². The Kier molecular flexibility index (Phi) is 3.99. The van der Waals surface area contributed by atoms with E-state index in [-0.39, 0.29) is 11.6 Å². The average molecular weight is 218 g/mol. The van der Waals surface area contributed by atoms with Crippen molar-refractivity contribution >= 4 is 11.6 Å². The zero-order chi connectivity index (χ0) is 12.3. The van der Waals surface area contributed by atoms with Gasteiger partial charge < -0.3 is 0 Å². The normalized spacial score (nSPS) is 16.6. The highest BCUT2D eigenvalue weighted by atomic mass is 16.1. The molecule has 0 aliphatic heterocycles. The summed E-state index contributed by atoms with van der Waals surface area (Å²) in [6.45, 7) is 9.39. The quantitative estimate of drug-likeness (QED) is 0.536. The van der Waals surface area contributed by atoms with Crippen LogP contribution in [0.5, 0.6) is 0 Å². The smallest absolute Gasteiger partial charge is 0.185 e. The highest BCUT2D eigenvalue weighted by molar-refractivity contribution is 6.22. The molecular weight excluding hydrogens is 200 g/mol. The Morgan fingerprint density at radius 2 is 1.94 bits per heavy atom. The second-order valence-corrected chi connectivity index (χ2v) is 4.36. The Morgan fingerprint density at radius 1 is 1.31 bits per heavy atom. The van der Waals surface area contributed by atoms with E-state index in [4.69, 9.17) is 0 Å². The van der Waals surface area contributed by atoms with Gasteiger partial charge in [0, 0.05) is 16.7 Å². The minimum atomic E-state index is -0.0245. The Balaban J connectivity index is 3.16. The summed E-state index contributed by atoms with van der Waals surface area (Å²) in [5.74, 6) is 0.00116. The van der Waals surface area contributed by atoms with E-state index in [1.165, 1.54) is 6.08 Å². The van der Waals surface area contributed by atoms with Crippen molar-refractivity contribution in [3.63, 3.8) is 0 Å². The van der Waals surface area contributed by atoms with Crippen LogP contribution in [-0.4, -0.2) is 11.6 Å². The molecule has 1 aliphatic rings. The average Bonchev–Trinajstić information content (AvgIpc) is 2.19. The van der Waals surface area contributed by atoms with Crippen LogP contribution in [0.4, 0.5) is 0 Å². The molecule has 16 heavy (non-hydrogen) atoms. The van der Waals surface area contributed by atoms with Gasteiger partial charge in [-0.2, -0.15) is 0 Å². The molecule has 0 saturated heterocycles. The van der Waals surface area contributed by atoms with Crippen molar-refractivity contribution < 1.29 is 9.59 Å². The van der Waals surface area contributed by atoms with Gasteiger partial charge in [-0.1, -0.05) is 25.5 Å². The molecule has 0 saturated carbocycles. The van der Waals surface area contributed by atoms with E-state index in [1.807, 2.05) is 13.8 Å². The summed E-state index contributed by atoms with van der Waals surface area (Å²) in [4.78, 5) is 23.8. The van der Waals surface area contributed by atoms with Gasteiger partial charge in [0.1, 0.15) is 0 Å². The van der Waals surface area contributed by atoms with E-state index in [0.29, 0.717) is 29.6 Å². The van der Waals surface area contributed by atoms with Crippen LogP contribution in [0.1, 0.15) is 40.0 Å². The minimum Gasteiger partial charge on any atom is -0.290 e. The van der Waals surface area contributed by atoms with Gasteiger partial charge in [-0.15, -0.1) is 0 Å². The van der Waals surface area contributed by atoms with Crippen LogP contribution in [-0.2, 0) is 9.59 Å². The van der Waals surface area contributed by atoms with Gasteiger partial charge in [-0.25, -0.2) is 0 Å². The van der Waals surface area contributed by atoms with Gasteiger partial charge in [0.15, 0.2) is 11.6 Å². The summed E-state index contributed by atoms with van der Waals surface area (Å²) in [7, 11) is 0. The molecule has 1 rings (SSSR count). The van der Waals surface area contributed by atoms with Crippen LogP contribution in [0.15, 0.2) is 34.9 Å². The molecule has 0 unspecified atom stereocenters. The first-order valence-corrected chi connectivity index (χ1v) is 5.61. The first-order valence-electron chi connectivity index (χ1n) is 5.61. The summed E-state index contributed by atoms with van der Waals surface area (Å²) in [6.07, 6.45) is 3.52. The molecule has 0 fully saturated rings. The van der Waals surface area contributed by atoms with Gasteiger partial charge >= 0.3 is 0 Å². The van der Waals surface area contributed by atoms with Gasteiger partial charge in [0.05, 0.1) is 0 Å². The number of hydrogen-bond acceptors (Lipinski definition) is 2. The molecule has 0 atom stereocenters. The molecule has 0 radical (unpaired) electrons. The fraction of sp³-hybridized carbons (Fsp3) is 0.429. The monoisotopic (exact) mass is 218 g/mol. The first-order chi connectivity index (χ1) is 7.47. The van der Waals surface area contributed by atoms with E-state index >= 15 is 0 Å². The number of hydrogen-bond donors (Lipinski definition) is 0. The Labute approximate surface area is 96.7 Å². The van der Waals surface area contributed by atoms with E-state index in [9.17, 15) is 9.59 Å². The van der Waals surface area contributed by atoms with E-state index < -0.39 is 0 Å². The van der Waals surface area contributed by atoms with Crippen molar-refractivity contribution in [1.29, 1.82) is 0 Å². The zero-order valence-electron chi connectivity index (χ0n) is 10.2. The molecule has 2 nitrogen and oxygen atoms in total. The zero-order valence-corrected chi connectivity index (χ0v) is 10.2. The maximum atomic E-state index is 11.9. The van der Waals surface area contributed by atoms with Gasteiger partial charge in [0.25, 0.3) is 0 Å². The largest absolute Gasteiger partial charge is 0.290 e. The summed E-state index contributed by atoms with van der Waals surface area (Å²) in [5.41, 5.74) is 2.80. The number of allylic oxidation sites excluding steroid dienone is 5. The molecule has 1 aliphatic carbocycles. The van der Waals surface area contributed by atoms with Crippen molar-refractivity contribution in [3.05, 3.63) is 34.9 Å². The lowest BCUT2D eigenvalue weighted by molar-refractivity contribution is -0.116. The number of rotatable bonds is 4. The molecule has 0 amide bonds. The predicted octanol–water partition coefficient (Wildman–Crippen LogP) is 3.15. The molecule has 0 N–H and O–H groups in total. The van der Waals surface area contributed by atoms with Crippen molar-refractivity contribution in [3.8, 4) is 0 Å². The molecular formula is C14H18O2. The fourth-order valence-electron chi connectivity index (χ4n) is 1.88. The third-order valence-corrected chi connectivity index (χ3v) is 2.62. The van der Waals surface area contributed by atoms with Crippen LogP contribution in [0.2, 0.25) is 0 Å². The molecule has 0 aromatic carbocycles. The Hall–Kier alpha value is -1.44. The number of carbonyl (C=O) groups excluding carboxylic acids is 2. The van der Waals surface area contributed by atoms with Gasteiger partial charge in [-0.05, 0) is 32.8 Å². The summed E-state index contributed by atoms with van der Waals surface area (Å²) >= 11 is 0. The highest BCUT2D eigenvalue weighted by Crippen LogP contribution is 2.26. The molecule has 0 heterocycles. The Morgan fingerprint density at radius 3 is 2.44 bits per heavy atom. The lowest BCUT2D eigenvalue weighted by atomic mass is 9.85. The second-order valence-electron chi connectivity index (χ2n) is 4.36. The van der Waals surface area contributed by atoms with Crippen LogP contribution in [0.25, 0.3) is 0 Å². The minimum absolute atomic E-state index is 0.0245. The molecule has 2 heteroatoms. The third kappa shape index (κ3) is 2.57. The van der Waals surface area contributed by atoms with Crippen molar-refractivity contribution in [2.75, 3.05) is 0 Å². The standard InChI is InChI=1S/C14H18O2/c1-5-6-11-12(7-9(2)3)13(15)8-10(4)14(11)16/h8H,2,5-7H2,1,3-4H3. The Bertz CT molecular complexity index is 408. The first kappa shape index (κ1) is 12.6. The number of carbonyl (C=O) groups is 2. The topological polar surface area (TPSA) is 34.1 Å².